The molecule has 0 bridgehead atoms. The molecule has 0 saturated heterocycles. The minimum atomic E-state index is -2.74. The van der Waals surface area contributed by atoms with E-state index in [0.717, 1.165) is 0 Å². The molecule has 0 N–H and O–H groups in total. The number of hydrogen-bond donors (Lipinski definition) is 0. The van der Waals surface area contributed by atoms with Gasteiger partial charge in [-0.2, -0.15) is 0 Å². The van der Waals surface area contributed by atoms with E-state index in [0.29, 0.717) is 0 Å². The van der Waals surface area contributed by atoms with Gasteiger partial charge in [0.2, 0.25) is 5.06 Å². The number of hydrogen-bond acceptors (Lipinski definition) is 0. The molecule has 258 valence electrons. The van der Waals surface area contributed by atoms with Gasteiger partial charge in [0.15, 0.2) is 14.5 Å². The first kappa shape index (κ1) is 36.2. The maximum Gasteiger partial charge on any atom is 0.242 e. The van der Waals surface area contributed by atoms with Crippen LogP contribution in [0, 0.1) is 0 Å². The van der Waals surface area contributed by atoms with Crippen LogP contribution in [0.4, 0.5) is 0 Å². The minimum Gasteiger partial charge on any atom is -0.0622 e. The van der Waals surface area contributed by atoms with Crippen LogP contribution in [0.1, 0.15) is 11.1 Å². The second-order valence-corrected chi connectivity index (χ2v) is 19.8. The van der Waals surface area contributed by atoms with Crippen LogP contribution in [0.25, 0.3) is 5.57 Å². The van der Waals surface area contributed by atoms with E-state index in [-0.39, 0.29) is 16.5 Å². The maximum atomic E-state index is 2.39. The van der Waals surface area contributed by atoms with Gasteiger partial charge in [0.05, 0.1) is 5.57 Å². The fourth-order valence-corrected chi connectivity index (χ4v) is 19.8. The predicted molar refractivity (Wildman–Crippen MR) is 229 cm³/mol. The van der Waals surface area contributed by atoms with Crippen molar-refractivity contribution >= 4 is 51.9 Å². The zero-order valence-electron chi connectivity index (χ0n) is 29.3. The number of rotatable bonds is 10. The molecule has 0 aromatic heterocycles. The molecule has 0 amide bonds. The maximum absolute atomic E-state index is 2.74. The summed E-state index contributed by atoms with van der Waals surface area (Å²) < 4.78 is 0. The van der Waals surface area contributed by atoms with Gasteiger partial charge in [-0.1, -0.05) is 170 Å². The molecule has 3 heteroatoms. The Morgan fingerprint density at radius 3 is 0.585 bits per heavy atom. The molecular weight excluding hydrogens is 721 g/mol. The van der Waals surface area contributed by atoms with Crippen LogP contribution in [-0.4, -0.2) is 0 Å². The Balaban J connectivity index is 0.00000435. The van der Waals surface area contributed by atoms with Crippen LogP contribution in [0.3, 0.4) is 0 Å². The van der Waals surface area contributed by atoms with E-state index < -0.39 is 14.5 Å². The van der Waals surface area contributed by atoms with Crippen molar-refractivity contribution < 1.29 is 16.5 Å². The topological polar surface area (TPSA) is 0 Å². The van der Waals surface area contributed by atoms with Crippen molar-refractivity contribution in [3.05, 3.63) is 259 Å². The molecule has 53 heavy (non-hydrogen) atoms. The first-order valence-corrected chi connectivity index (χ1v) is 21.4. The smallest absolute Gasteiger partial charge is 0.0622 e. The molecule has 0 spiro atoms. The number of benzene rings is 8. The molecule has 0 radical (unpaired) electrons. The Morgan fingerprint density at radius 2 is 0.396 bits per heavy atom. The van der Waals surface area contributed by atoms with Gasteiger partial charge in [-0.3, -0.25) is 0 Å². The third kappa shape index (κ3) is 6.67. The zero-order chi connectivity index (χ0) is 35.1. The van der Waals surface area contributed by atoms with Crippen molar-refractivity contribution in [2.24, 2.45) is 0 Å². The molecule has 0 aliphatic heterocycles. The van der Waals surface area contributed by atoms with Gasteiger partial charge in [-0.05, 0) is 83.9 Å². The van der Waals surface area contributed by atoms with E-state index in [4.69, 9.17) is 0 Å². The van der Waals surface area contributed by atoms with E-state index >= 15 is 0 Å². The average Bonchev–Trinajstić information content (AvgIpc) is 3.25. The first-order valence-electron chi connectivity index (χ1n) is 17.8. The van der Waals surface area contributed by atoms with E-state index in [1.807, 2.05) is 0 Å². The molecule has 0 aliphatic rings. The molecule has 8 rings (SSSR count). The van der Waals surface area contributed by atoms with Gasteiger partial charge in [-0.25, -0.2) is 0 Å². The summed E-state index contributed by atoms with van der Waals surface area (Å²) in [7, 11) is -5.48. The average molecular weight is 762 g/mol. The summed E-state index contributed by atoms with van der Waals surface area (Å²) in [5.41, 5.74) is 3.71. The van der Waals surface area contributed by atoms with E-state index in [2.05, 4.69) is 243 Å². The SMILES string of the molecule is [Ni].c1ccc(C(=C([P+](c2ccccc2)(c2ccccc2)c2ccccc2)[P+](c2ccccc2)(c2ccccc2)c2ccccc2)c2ccccc2)cc1. The predicted octanol–water partition coefficient (Wildman–Crippen LogP) is 10.4. The van der Waals surface area contributed by atoms with Crippen molar-refractivity contribution in [1.29, 1.82) is 0 Å². The summed E-state index contributed by atoms with van der Waals surface area (Å²) in [6.45, 7) is 0. The molecule has 0 nitrogen and oxygen atoms in total. The van der Waals surface area contributed by atoms with Gasteiger partial charge in [-0.15, -0.1) is 0 Å². The van der Waals surface area contributed by atoms with Crippen LogP contribution in [0.5, 0.6) is 0 Å². The zero-order valence-corrected chi connectivity index (χ0v) is 32.1. The van der Waals surface area contributed by atoms with Gasteiger partial charge < -0.3 is 0 Å². The summed E-state index contributed by atoms with van der Waals surface area (Å²) in [6, 6.07) is 90.6. The van der Waals surface area contributed by atoms with Crippen molar-refractivity contribution in [2.75, 3.05) is 0 Å². The second kappa shape index (κ2) is 16.7. The Hall–Kier alpha value is -5.15. The Morgan fingerprint density at radius 1 is 0.226 bits per heavy atom. The molecule has 0 aliphatic carbocycles. The normalized spacial score (nSPS) is 11.2. The molecular formula is C50H40NiP2+2. The fourth-order valence-electron chi connectivity index (χ4n) is 7.73. The molecule has 8 aromatic carbocycles. The molecule has 0 saturated carbocycles. The van der Waals surface area contributed by atoms with Crippen LogP contribution in [0.2, 0.25) is 0 Å². The molecule has 0 unspecified atom stereocenters. The first-order chi connectivity index (χ1) is 25.8. The largest absolute Gasteiger partial charge is 0.242 e. The van der Waals surface area contributed by atoms with Gasteiger partial charge >= 0.3 is 0 Å². The van der Waals surface area contributed by atoms with Gasteiger partial charge in [0.25, 0.3) is 0 Å². The molecule has 0 fully saturated rings. The van der Waals surface area contributed by atoms with Crippen molar-refractivity contribution in [3.63, 3.8) is 0 Å². The summed E-state index contributed by atoms with van der Waals surface area (Å²) >= 11 is 0. The Bertz CT molecular complexity index is 1990. The summed E-state index contributed by atoms with van der Waals surface area (Å²) in [5, 5.41) is 9.47. The second-order valence-electron chi connectivity index (χ2n) is 12.8. The Kier molecular flexibility index (Phi) is 11.4. The van der Waals surface area contributed by atoms with Crippen LogP contribution >= 0.6 is 14.5 Å². The monoisotopic (exact) mass is 760 g/mol. The van der Waals surface area contributed by atoms with Gasteiger partial charge in [0, 0.05) is 16.5 Å². The van der Waals surface area contributed by atoms with Crippen LogP contribution in [0.15, 0.2) is 248 Å². The molecule has 0 heterocycles. The summed E-state index contributed by atoms with van der Waals surface area (Å²) in [4.78, 5) is 0. The Labute approximate surface area is 325 Å². The third-order valence-corrected chi connectivity index (χ3v) is 19.8. The van der Waals surface area contributed by atoms with E-state index in [9.17, 15) is 0 Å². The van der Waals surface area contributed by atoms with Crippen molar-refractivity contribution in [3.8, 4) is 0 Å². The summed E-state index contributed by atoms with van der Waals surface area (Å²) in [6.07, 6.45) is 0. The molecule has 8 aromatic rings. The van der Waals surface area contributed by atoms with E-state index in [1.54, 1.807) is 0 Å². The van der Waals surface area contributed by atoms with Crippen LogP contribution in [-0.2, 0) is 16.5 Å². The van der Waals surface area contributed by atoms with Crippen LogP contribution < -0.4 is 31.8 Å². The third-order valence-electron chi connectivity index (χ3n) is 9.84. The fraction of sp³-hybridized carbons (Fsp3) is 0. The van der Waals surface area contributed by atoms with Crippen molar-refractivity contribution in [2.45, 2.75) is 0 Å². The van der Waals surface area contributed by atoms with Gasteiger partial charge in [0.1, 0.15) is 31.8 Å². The van der Waals surface area contributed by atoms with Crippen molar-refractivity contribution in [1.82, 2.24) is 0 Å². The van der Waals surface area contributed by atoms with E-state index in [1.165, 1.54) is 53.6 Å². The summed E-state index contributed by atoms with van der Waals surface area (Å²) in [5.74, 6) is 0. The standard InChI is InChI=1S/C50H40P2.Ni/c1-9-25-41(26-10-1)49(42-27-11-2-12-28-42)50(51(43-29-13-3-14-30-43,44-31-15-4-16-32-44)45-33-17-5-18-34-45)52(46-35-19-6-20-36-46,47-37-21-7-22-38-47)48-39-23-8-24-40-48;/h1-40H;/q+2;. The molecule has 0 atom stereocenters. The quantitative estimate of drug-likeness (QED) is 0.0962. The minimum absolute atomic E-state index is 0.